The number of rotatable bonds is 4. The lowest BCUT2D eigenvalue weighted by atomic mass is 9.90. The van der Waals surface area contributed by atoms with Crippen molar-refractivity contribution in [2.75, 3.05) is 13.1 Å². The number of hydrogen-bond acceptors (Lipinski definition) is 4. The highest BCUT2D eigenvalue weighted by Crippen LogP contribution is 2.24. The second-order valence-corrected chi connectivity index (χ2v) is 7.17. The van der Waals surface area contributed by atoms with Crippen LogP contribution in [0.3, 0.4) is 0 Å². The van der Waals surface area contributed by atoms with Crippen LogP contribution >= 0.6 is 11.5 Å². The number of likely N-dealkylation sites (tertiary alicyclic amines) is 1. The summed E-state index contributed by atoms with van der Waals surface area (Å²) in [4.78, 5) is 15.3. The molecule has 1 unspecified atom stereocenters. The third-order valence-corrected chi connectivity index (χ3v) is 5.55. The maximum Gasteiger partial charge on any atom is 0.267 e. The van der Waals surface area contributed by atoms with E-state index in [1.54, 1.807) is 0 Å². The standard InChI is InChI=1S/C18H23N3OS/c1-13-6-3-4-8-16(13)10-9-15-7-5-11-21(12-15)18(22)17-14(2)19-20-23-17/h3-4,6,8,15H,5,7,9-12H2,1-2H3. The SMILES string of the molecule is Cc1ccccc1CCC1CCCN(C(=O)c2snnc2C)C1. The number of carbonyl (C=O) groups excluding carboxylic acids is 1. The van der Waals surface area contributed by atoms with Gasteiger partial charge in [0.25, 0.3) is 5.91 Å². The largest absolute Gasteiger partial charge is 0.338 e. The van der Waals surface area contributed by atoms with Crippen molar-refractivity contribution >= 4 is 17.4 Å². The van der Waals surface area contributed by atoms with Crippen molar-refractivity contribution in [1.82, 2.24) is 14.5 Å². The van der Waals surface area contributed by atoms with Crippen molar-refractivity contribution in [3.63, 3.8) is 0 Å². The van der Waals surface area contributed by atoms with Gasteiger partial charge in [0.2, 0.25) is 0 Å². The molecule has 1 fully saturated rings. The van der Waals surface area contributed by atoms with Gasteiger partial charge in [0.1, 0.15) is 4.88 Å². The molecule has 122 valence electrons. The molecule has 4 nitrogen and oxygen atoms in total. The molecule has 23 heavy (non-hydrogen) atoms. The maximum atomic E-state index is 12.6. The van der Waals surface area contributed by atoms with E-state index in [0.29, 0.717) is 10.8 Å². The van der Waals surface area contributed by atoms with Gasteiger partial charge in [0.15, 0.2) is 0 Å². The lowest BCUT2D eigenvalue weighted by Gasteiger charge is -2.32. The molecule has 0 bridgehead atoms. The summed E-state index contributed by atoms with van der Waals surface area (Å²) in [5, 5.41) is 3.96. The van der Waals surface area contributed by atoms with E-state index >= 15 is 0 Å². The molecule has 1 saturated heterocycles. The summed E-state index contributed by atoms with van der Waals surface area (Å²) < 4.78 is 3.89. The first-order chi connectivity index (χ1) is 11.1. The summed E-state index contributed by atoms with van der Waals surface area (Å²) in [6.07, 6.45) is 4.56. The van der Waals surface area contributed by atoms with Crippen LogP contribution in [-0.2, 0) is 6.42 Å². The first-order valence-electron chi connectivity index (χ1n) is 8.28. The molecule has 0 radical (unpaired) electrons. The van der Waals surface area contributed by atoms with Crippen molar-refractivity contribution in [1.29, 1.82) is 0 Å². The van der Waals surface area contributed by atoms with E-state index in [0.717, 1.165) is 38.0 Å². The lowest BCUT2D eigenvalue weighted by Crippen LogP contribution is -2.40. The van der Waals surface area contributed by atoms with Gasteiger partial charge in [0, 0.05) is 13.1 Å². The number of nitrogens with zero attached hydrogens (tertiary/aromatic N) is 3. The van der Waals surface area contributed by atoms with Crippen molar-refractivity contribution in [2.24, 2.45) is 5.92 Å². The summed E-state index contributed by atoms with van der Waals surface area (Å²) in [7, 11) is 0. The molecular formula is C18H23N3OS. The molecule has 0 spiro atoms. The van der Waals surface area contributed by atoms with Gasteiger partial charge in [-0.05, 0) is 68.1 Å². The third-order valence-electron chi connectivity index (χ3n) is 4.74. The summed E-state index contributed by atoms with van der Waals surface area (Å²) in [6, 6.07) is 8.59. The number of carbonyl (C=O) groups is 1. The van der Waals surface area contributed by atoms with E-state index < -0.39 is 0 Å². The van der Waals surface area contributed by atoms with E-state index in [1.165, 1.54) is 29.1 Å². The maximum absolute atomic E-state index is 12.6. The van der Waals surface area contributed by atoms with Gasteiger partial charge in [-0.15, -0.1) is 5.10 Å². The smallest absolute Gasteiger partial charge is 0.267 e. The molecule has 1 atom stereocenters. The predicted molar refractivity (Wildman–Crippen MR) is 92.8 cm³/mol. The summed E-state index contributed by atoms with van der Waals surface area (Å²) >= 11 is 1.21. The monoisotopic (exact) mass is 329 g/mol. The fraction of sp³-hybridized carbons (Fsp3) is 0.500. The molecular weight excluding hydrogens is 306 g/mol. The van der Waals surface area contributed by atoms with Gasteiger partial charge in [0.05, 0.1) is 5.69 Å². The molecule has 1 aromatic heterocycles. The Hall–Kier alpha value is -1.75. The Morgan fingerprint density at radius 3 is 2.91 bits per heavy atom. The van der Waals surface area contributed by atoms with Crippen molar-refractivity contribution in [2.45, 2.75) is 39.5 Å². The van der Waals surface area contributed by atoms with Gasteiger partial charge in [-0.25, -0.2) is 0 Å². The van der Waals surface area contributed by atoms with E-state index in [4.69, 9.17) is 0 Å². The third kappa shape index (κ3) is 3.78. The summed E-state index contributed by atoms with van der Waals surface area (Å²) in [6.45, 7) is 5.75. The molecule has 0 saturated carbocycles. The minimum atomic E-state index is 0.109. The summed E-state index contributed by atoms with van der Waals surface area (Å²) in [5.74, 6) is 0.701. The van der Waals surface area contributed by atoms with Gasteiger partial charge in [-0.2, -0.15) is 0 Å². The van der Waals surface area contributed by atoms with Crippen LogP contribution in [0.1, 0.15) is 45.8 Å². The Morgan fingerprint density at radius 1 is 1.35 bits per heavy atom. The fourth-order valence-corrected chi connectivity index (χ4v) is 3.93. The van der Waals surface area contributed by atoms with Gasteiger partial charge >= 0.3 is 0 Å². The zero-order valence-corrected chi connectivity index (χ0v) is 14.6. The minimum absolute atomic E-state index is 0.109. The first kappa shape index (κ1) is 16.1. The van der Waals surface area contributed by atoms with Crippen LogP contribution in [0.15, 0.2) is 24.3 Å². The molecule has 5 heteroatoms. The fourth-order valence-electron chi connectivity index (χ4n) is 3.31. The average molecular weight is 329 g/mol. The summed E-state index contributed by atoms with van der Waals surface area (Å²) in [5.41, 5.74) is 3.54. The molecule has 1 aliphatic heterocycles. The van der Waals surface area contributed by atoms with Gasteiger partial charge < -0.3 is 4.90 Å². The van der Waals surface area contributed by atoms with Crippen LogP contribution in [0.25, 0.3) is 0 Å². The second-order valence-electron chi connectivity index (χ2n) is 6.41. The number of aryl methyl sites for hydroxylation is 3. The lowest BCUT2D eigenvalue weighted by molar-refractivity contribution is 0.0672. The molecule has 3 rings (SSSR count). The number of aromatic nitrogens is 2. The molecule has 0 aliphatic carbocycles. The highest BCUT2D eigenvalue weighted by molar-refractivity contribution is 7.07. The first-order valence-corrected chi connectivity index (χ1v) is 9.05. The van der Waals surface area contributed by atoms with E-state index in [2.05, 4.69) is 40.8 Å². The van der Waals surface area contributed by atoms with Crippen LogP contribution in [0, 0.1) is 19.8 Å². The van der Waals surface area contributed by atoms with Crippen LogP contribution in [-0.4, -0.2) is 33.5 Å². The Balaban J connectivity index is 1.59. The average Bonchev–Trinajstić information content (AvgIpc) is 3.00. The van der Waals surface area contributed by atoms with Crippen LogP contribution in [0.2, 0.25) is 0 Å². The van der Waals surface area contributed by atoms with Crippen LogP contribution in [0.5, 0.6) is 0 Å². The number of hydrogen-bond donors (Lipinski definition) is 0. The van der Waals surface area contributed by atoms with Crippen LogP contribution < -0.4 is 0 Å². The van der Waals surface area contributed by atoms with E-state index in [1.807, 2.05) is 11.8 Å². The van der Waals surface area contributed by atoms with Crippen LogP contribution in [0.4, 0.5) is 0 Å². The van der Waals surface area contributed by atoms with Gasteiger partial charge in [-0.1, -0.05) is 28.8 Å². The van der Waals surface area contributed by atoms with Crippen molar-refractivity contribution in [3.8, 4) is 0 Å². The molecule has 1 amide bonds. The number of piperidine rings is 1. The number of benzene rings is 1. The van der Waals surface area contributed by atoms with Gasteiger partial charge in [-0.3, -0.25) is 4.79 Å². The molecule has 1 aromatic carbocycles. The Kier molecular flexibility index (Phi) is 5.06. The zero-order chi connectivity index (χ0) is 16.2. The second kappa shape index (κ2) is 7.21. The Morgan fingerprint density at radius 2 is 2.17 bits per heavy atom. The normalized spacial score (nSPS) is 18.2. The Bertz CT molecular complexity index is 682. The quantitative estimate of drug-likeness (QED) is 0.860. The highest BCUT2D eigenvalue weighted by atomic mass is 32.1. The molecule has 2 aromatic rings. The molecule has 1 aliphatic rings. The molecule has 0 N–H and O–H groups in total. The molecule has 2 heterocycles. The zero-order valence-electron chi connectivity index (χ0n) is 13.8. The van der Waals surface area contributed by atoms with E-state index in [9.17, 15) is 4.79 Å². The highest BCUT2D eigenvalue weighted by Gasteiger charge is 2.26. The number of amides is 1. The minimum Gasteiger partial charge on any atom is -0.338 e. The topological polar surface area (TPSA) is 46.1 Å². The van der Waals surface area contributed by atoms with Crippen molar-refractivity contribution < 1.29 is 4.79 Å². The van der Waals surface area contributed by atoms with E-state index in [-0.39, 0.29) is 5.91 Å². The predicted octanol–water partition coefficient (Wildman–Crippen LogP) is 3.64. The van der Waals surface area contributed by atoms with Crippen molar-refractivity contribution in [3.05, 3.63) is 46.0 Å². The Labute approximate surface area is 141 Å².